The van der Waals surface area contributed by atoms with Gasteiger partial charge in [0.1, 0.15) is 11.5 Å². The van der Waals surface area contributed by atoms with E-state index in [1.807, 2.05) is 13.0 Å². The average molecular weight is 350 g/mol. The molecule has 3 nitrogen and oxygen atoms in total. The molecule has 2 bridgehead atoms. The van der Waals surface area contributed by atoms with Crippen molar-refractivity contribution in [2.75, 3.05) is 6.54 Å². The summed E-state index contributed by atoms with van der Waals surface area (Å²) in [6, 6.07) is 2.45. The Morgan fingerprint density at radius 1 is 1.48 bits per heavy atom. The maximum atomic E-state index is 12.2. The highest BCUT2D eigenvalue weighted by Crippen LogP contribution is 2.57. The van der Waals surface area contributed by atoms with Crippen molar-refractivity contribution >= 4 is 21.7 Å². The zero-order valence-corrected chi connectivity index (χ0v) is 13.8. The Hall–Kier alpha value is -0.870. The number of phenols is 1. The average Bonchev–Trinajstić information content (AvgIpc) is 2.43. The number of phenolic OH excluding ortho intramolecular Hbond substituents is 1. The third kappa shape index (κ3) is 1.78. The molecule has 4 rings (SSSR count). The fourth-order valence-electron chi connectivity index (χ4n) is 5.02. The lowest BCUT2D eigenvalue weighted by molar-refractivity contribution is -0.125. The summed E-state index contributed by atoms with van der Waals surface area (Å²) in [6.07, 6.45) is 4.17. The second kappa shape index (κ2) is 4.56. The van der Waals surface area contributed by atoms with Crippen molar-refractivity contribution in [2.45, 2.75) is 50.5 Å². The molecular formula is C17H20BrNO2. The van der Waals surface area contributed by atoms with Crippen LogP contribution in [0.15, 0.2) is 10.5 Å². The van der Waals surface area contributed by atoms with Crippen molar-refractivity contribution in [3.8, 4) is 5.75 Å². The molecule has 1 aromatic carbocycles. The number of hydrogen-bond donors (Lipinski definition) is 2. The van der Waals surface area contributed by atoms with Crippen LogP contribution >= 0.6 is 15.9 Å². The van der Waals surface area contributed by atoms with Crippen LogP contribution in [0.3, 0.4) is 0 Å². The number of benzene rings is 1. The summed E-state index contributed by atoms with van der Waals surface area (Å²) < 4.78 is 1.08. The molecule has 1 aromatic rings. The van der Waals surface area contributed by atoms with E-state index in [2.05, 4.69) is 21.2 Å². The van der Waals surface area contributed by atoms with Gasteiger partial charge in [-0.05, 0) is 55.8 Å². The quantitative estimate of drug-likeness (QED) is 0.756. The lowest BCUT2D eigenvalue weighted by Crippen LogP contribution is -2.60. The van der Waals surface area contributed by atoms with E-state index >= 15 is 0 Å². The normalized spacial score (nSPS) is 34.3. The number of carbonyl (C=O) groups is 1. The standard InChI is InChI=1S/C17H20BrNO2/c1-9-6-13(18)11-7-14-12-3-2-10(20)8-17(12,4-5-19-14)15(11)16(9)21/h6,12,14,19,21H,2-5,7-8H2,1H3/t12?,14?,17-/m1/s1. The smallest absolute Gasteiger partial charge is 0.133 e. The van der Waals surface area contributed by atoms with Crippen LogP contribution in [0.25, 0.3) is 0 Å². The number of piperidine rings is 1. The molecule has 0 amide bonds. The van der Waals surface area contributed by atoms with Crippen molar-refractivity contribution in [1.82, 2.24) is 5.32 Å². The van der Waals surface area contributed by atoms with Crippen LogP contribution in [-0.4, -0.2) is 23.5 Å². The Bertz CT molecular complexity index is 642. The van der Waals surface area contributed by atoms with Gasteiger partial charge in [0.15, 0.2) is 0 Å². The molecule has 112 valence electrons. The molecule has 1 saturated heterocycles. The van der Waals surface area contributed by atoms with Crippen LogP contribution in [0.4, 0.5) is 0 Å². The Morgan fingerprint density at radius 2 is 2.29 bits per heavy atom. The van der Waals surface area contributed by atoms with Gasteiger partial charge in [0, 0.05) is 34.3 Å². The number of nitrogens with one attached hydrogen (secondary N) is 1. The minimum atomic E-state index is -0.141. The molecule has 2 aliphatic carbocycles. The second-order valence-electron chi connectivity index (χ2n) is 6.91. The van der Waals surface area contributed by atoms with E-state index in [1.54, 1.807) is 0 Å². The molecule has 3 aliphatic rings. The Kier molecular flexibility index (Phi) is 2.99. The number of hydrogen-bond acceptors (Lipinski definition) is 3. The van der Waals surface area contributed by atoms with Crippen molar-refractivity contribution in [3.05, 3.63) is 27.2 Å². The van der Waals surface area contributed by atoms with Gasteiger partial charge in [0.2, 0.25) is 0 Å². The van der Waals surface area contributed by atoms with Crippen LogP contribution in [0.1, 0.15) is 42.4 Å². The fraction of sp³-hybridized carbons (Fsp3) is 0.588. The molecule has 2 unspecified atom stereocenters. The molecule has 2 N–H and O–H groups in total. The van der Waals surface area contributed by atoms with E-state index in [0.29, 0.717) is 36.3 Å². The van der Waals surface area contributed by atoms with Crippen molar-refractivity contribution in [1.29, 1.82) is 0 Å². The van der Waals surface area contributed by atoms with Gasteiger partial charge in [0.25, 0.3) is 0 Å². The highest BCUT2D eigenvalue weighted by Gasteiger charge is 2.55. The Balaban J connectivity index is 2.00. The summed E-state index contributed by atoms with van der Waals surface area (Å²) in [5, 5.41) is 14.4. The maximum Gasteiger partial charge on any atom is 0.133 e. The summed E-state index contributed by atoms with van der Waals surface area (Å²) in [5.74, 6) is 1.26. The van der Waals surface area contributed by atoms with Crippen molar-refractivity contribution in [3.63, 3.8) is 0 Å². The van der Waals surface area contributed by atoms with Crippen LogP contribution in [-0.2, 0) is 16.6 Å². The molecule has 1 aliphatic heterocycles. The number of rotatable bonds is 0. The topological polar surface area (TPSA) is 49.3 Å². The van der Waals surface area contributed by atoms with Gasteiger partial charge in [0.05, 0.1) is 0 Å². The number of carbonyl (C=O) groups excluding carboxylic acids is 1. The molecule has 1 saturated carbocycles. The van der Waals surface area contributed by atoms with E-state index in [9.17, 15) is 9.90 Å². The lowest BCUT2D eigenvalue weighted by Gasteiger charge is -2.55. The third-order valence-corrected chi connectivity index (χ3v) is 6.59. The molecule has 0 radical (unpaired) electrons. The van der Waals surface area contributed by atoms with Crippen molar-refractivity contribution < 1.29 is 9.90 Å². The molecule has 21 heavy (non-hydrogen) atoms. The van der Waals surface area contributed by atoms with E-state index in [1.165, 1.54) is 5.56 Å². The first kappa shape index (κ1) is 13.8. The SMILES string of the molecule is Cc1cc(Br)c2c(c1O)[C@@]13CCNC(C2)C1CCC(=O)C3. The van der Waals surface area contributed by atoms with Gasteiger partial charge in [-0.2, -0.15) is 0 Å². The molecule has 2 fully saturated rings. The van der Waals surface area contributed by atoms with Gasteiger partial charge in [-0.25, -0.2) is 0 Å². The Morgan fingerprint density at radius 3 is 3.10 bits per heavy atom. The molecular weight excluding hydrogens is 330 g/mol. The minimum Gasteiger partial charge on any atom is -0.507 e. The number of aryl methyl sites for hydroxylation is 1. The monoisotopic (exact) mass is 349 g/mol. The minimum absolute atomic E-state index is 0.141. The number of Topliss-reactive ketones (excluding diaryl/α,β-unsaturated/α-hetero) is 1. The summed E-state index contributed by atoms with van der Waals surface area (Å²) in [5.41, 5.74) is 3.05. The van der Waals surface area contributed by atoms with Gasteiger partial charge < -0.3 is 10.4 Å². The van der Waals surface area contributed by atoms with Crippen LogP contribution in [0.5, 0.6) is 5.75 Å². The van der Waals surface area contributed by atoms with E-state index in [-0.39, 0.29) is 5.41 Å². The predicted molar refractivity (Wildman–Crippen MR) is 84.7 cm³/mol. The van der Waals surface area contributed by atoms with Crippen LogP contribution in [0, 0.1) is 12.8 Å². The predicted octanol–water partition coefficient (Wildman–Crippen LogP) is 2.99. The molecule has 0 spiro atoms. The molecule has 3 atom stereocenters. The first-order valence-corrected chi connectivity index (χ1v) is 8.59. The number of ketones is 1. The second-order valence-corrected chi connectivity index (χ2v) is 7.76. The highest BCUT2D eigenvalue weighted by atomic mass is 79.9. The summed E-state index contributed by atoms with van der Waals surface area (Å²) in [7, 11) is 0. The first-order valence-electron chi connectivity index (χ1n) is 7.79. The largest absolute Gasteiger partial charge is 0.507 e. The van der Waals surface area contributed by atoms with E-state index < -0.39 is 0 Å². The fourth-order valence-corrected chi connectivity index (χ4v) is 5.72. The molecule has 4 heteroatoms. The molecule has 0 aromatic heterocycles. The zero-order chi connectivity index (χ0) is 14.8. The number of fused-ring (bicyclic) bond motifs is 1. The zero-order valence-electron chi connectivity index (χ0n) is 12.2. The Labute approximate surface area is 133 Å². The maximum absolute atomic E-state index is 12.2. The summed E-state index contributed by atoms with van der Waals surface area (Å²) in [6.45, 7) is 2.89. The number of aromatic hydroxyl groups is 1. The van der Waals surface area contributed by atoms with Crippen LogP contribution < -0.4 is 5.32 Å². The molecule has 1 heterocycles. The summed E-state index contributed by atoms with van der Waals surface area (Å²) in [4.78, 5) is 12.2. The van der Waals surface area contributed by atoms with Gasteiger partial charge >= 0.3 is 0 Å². The van der Waals surface area contributed by atoms with Gasteiger partial charge in [-0.15, -0.1) is 0 Å². The lowest BCUT2D eigenvalue weighted by atomic mass is 9.52. The van der Waals surface area contributed by atoms with Gasteiger partial charge in [-0.1, -0.05) is 15.9 Å². The number of halogens is 1. The van der Waals surface area contributed by atoms with Crippen LogP contribution in [0.2, 0.25) is 0 Å². The van der Waals surface area contributed by atoms with E-state index in [4.69, 9.17) is 0 Å². The first-order chi connectivity index (χ1) is 10.0. The van der Waals surface area contributed by atoms with E-state index in [0.717, 1.165) is 41.4 Å². The van der Waals surface area contributed by atoms with Crippen molar-refractivity contribution in [2.24, 2.45) is 5.92 Å². The highest BCUT2D eigenvalue weighted by molar-refractivity contribution is 9.10. The van der Waals surface area contributed by atoms with Gasteiger partial charge in [-0.3, -0.25) is 4.79 Å². The third-order valence-electron chi connectivity index (χ3n) is 5.89. The summed E-state index contributed by atoms with van der Waals surface area (Å²) >= 11 is 3.68.